The molecular formula is C32H23N2O6P. The average molecular weight is 563 g/mol. The molecule has 9 heteroatoms. The lowest BCUT2D eigenvalue weighted by Crippen LogP contribution is -2.27. The quantitative estimate of drug-likeness (QED) is 0.123. The minimum Gasteiger partial charge on any atom is -0.436 e. The smallest absolute Gasteiger partial charge is 0.343 e. The first-order valence-corrected chi connectivity index (χ1v) is 14.2. The van der Waals surface area contributed by atoms with Gasteiger partial charge >= 0.3 is 19.3 Å². The average Bonchev–Trinajstić information content (AvgIpc) is 2.98. The number of para-hydroxylation sites is 1. The van der Waals surface area contributed by atoms with Crippen molar-refractivity contribution in [2.45, 2.75) is 0 Å². The summed E-state index contributed by atoms with van der Waals surface area (Å²) in [6, 6.07) is 31.3. The number of fused-ring (bicyclic) bond motifs is 3. The van der Waals surface area contributed by atoms with Gasteiger partial charge in [0.2, 0.25) is 0 Å². The summed E-state index contributed by atoms with van der Waals surface area (Å²) in [5.41, 5.74) is 14.4. The zero-order chi connectivity index (χ0) is 28.6. The van der Waals surface area contributed by atoms with Crippen LogP contribution in [0.1, 0.15) is 20.7 Å². The summed E-state index contributed by atoms with van der Waals surface area (Å²) in [5.74, 6) is -0.906. The molecule has 0 aliphatic carbocycles. The Balaban J connectivity index is 1.47. The molecule has 1 atom stereocenters. The summed E-state index contributed by atoms with van der Waals surface area (Å²) in [7, 11) is -3.95. The number of benzene rings is 5. The van der Waals surface area contributed by atoms with Gasteiger partial charge in [-0.1, -0.05) is 48.5 Å². The molecule has 0 spiro atoms. The first-order chi connectivity index (χ1) is 19.8. The van der Waals surface area contributed by atoms with Gasteiger partial charge < -0.3 is 25.5 Å². The number of esters is 2. The predicted octanol–water partition coefficient (Wildman–Crippen LogP) is 5.58. The van der Waals surface area contributed by atoms with Gasteiger partial charge in [-0.25, -0.2) is 9.59 Å². The number of rotatable bonds is 5. The van der Waals surface area contributed by atoms with Crippen molar-refractivity contribution in [2.75, 3.05) is 11.5 Å². The summed E-state index contributed by atoms with van der Waals surface area (Å²) in [4.78, 5) is 26.0. The van der Waals surface area contributed by atoms with Crippen molar-refractivity contribution in [3.8, 4) is 28.4 Å². The molecule has 0 saturated heterocycles. The number of carbonyl (C=O) groups is 2. The van der Waals surface area contributed by atoms with Crippen LogP contribution in [-0.2, 0) is 4.57 Å². The number of hydrogen-bond acceptors (Lipinski definition) is 8. The van der Waals surface area contributed by atoms with Gasteiger partial charge in [-0.05, 0) is 72.3 Å². The normalized spacial score (nSPS) is 15.1. The topological polar surface area (TPSA) is 131 Å². The zero-order valence-electron chi connectivity index (χ0n) is 21.5. The standard InChI is InChI=1S/C32H23N2O6P/c33-22-9-5-7-20(17-22)31(35)38-24-15-16-28(39-32(36)21-8-6-10-23(34)18-21)30(19-24)41(37)29-14-4-2-12-26(29)25-11-1-3-13-27(25)40-41/h1-19H,33-34H2. The maximum absolute atomic E-state index is 15.0. The molecule has 1 unspecified atom stereocenters. The number of ether oxygens (including phenoxy) is 2. The minimum atomic E-state index is -3.95. The molecule has 0 radical (unpaired) electrons. The Morgan fingerprint density at radius 1 is 0.610 bits per heavy atom. The minimum absolute atomic E-state index is 0.0151. The molecule has 1 heterocycles. The third-order valence-corrected chi connectivity index (χ3v) is 8.99. The lowest BCUT2D eigenvalue weighted by atomic mass is 10.0. The molecule has 4 N–H and O–H groups in total. The molecule has 0 saturated carbocycles. The highest BCUT2D eigenvalue weighted by atomic mass is 31.2. The zero-order valence-corrected chi connectivity index (χ0v) is 22.4. The Labute approximate surface area is 235 Å². The Morgan fingerprint density at radius 3 is 1.90 bits per heavy atom. The van der Waals surface area contributed by atoms with Gasteiger partial charge in [0.1, 0.15) is 17.2 Å². The van der Waals surface area contributed by atoms with Gasteiger partial charge in [0.25, 0.3) is 0 Å². The van der Waals surface area contributed by atoms with Crippen LogP contribution in [0.25, 0.3) is 11.1 Å². The summed E-state index contributed by atoms with van der Waals surface area (Å²) in [6.45, 7) is 0. The van der Waals surface area contributed by atoms with Crippen molar-refractivity contribution < 1.29 is 28.2 Å². The van der Waals surface area contributed by atoms with Crippen LogP contribution in [0.15, 0.2) is 115 Å². The van der Waals surface area contributed by atoms with E-state index in [-0.39, 0.29) is 27.9 Å². The Morgan fingerprint density at radius 2 is 1.22 bits per heavy atom. The molecule has 6 rings (SSSR count). The number of nitrogens with two attached hydrogens (primary N) is 2. The Bertz CT molecular complexity index is 1890. The van der Waals surface area contributed by atoms with Gasteiger partial charge in [-0.2, -0.15) is 0 Å². The Hall–Kier alpha value is -5.33. The largest absolute Gasteiger partial charge is 0.436 e. The SMILES string of the molecule is Nc1cccc(C(=O)Oc2ccc(OC(=O)c3cccc(N)c3)c(P3(=O)Oc4ccccc4-c4ccccc43)c2)c1. The van der Waals surface area contributed by atoms with Crippen molar-refractivity contribution >= 4 is 41.3 Å². The van der Waals surface area contributed by atoms with E-state index in [1.54, 1.807) is 60.7 Å². The lowest BCUT2D eigenvalue weighted by molar-refractivity contribution is 0.0720. The Kier molecular flexibility index (Phi) is 6.53. The third kappa shape index (κ3) is 4.93. The highest BCUT2D eigenvalue weighted by molar-refractivity contribution is 7.75. The van der Waals surface area contributed by atoms with E-state index >= 15 is 0 Å². The van der Waals surface area contributed by atoms with Gasteiger partial charge in [-0.15, -0.1) is 0 Å². The van der Waals surface area contributed by atoms with E-state index in [1.807, 2.05) is 24.3 Å². The van der Waals surface area contributed by atoms with Crippen LogP contribution in [0.2, 0.25) is 0 Å². The van der Waals surface area contributed by atoms with E-state index in [4.69, 9.17) is 25.5 Å². The predicted molar refractivity (Wildman–Crippen MR) is 157 cm³/mol. The van der Waals surface area contributed by atoms with Crippen molar-refractivity contribution in [3.63, 3.8) is 0 Å². The van der Waals surface area contributed by atoms with E-state index in [0.717, 1.165) is 5.56 Å². The van der Waals surface area contributed by atoms with Crippen LogP contribution in [0, 0.1) is 0 Å². The van der Waals surface area contributed by atoms with E-state index < -0.39 is 19.3 Å². The molecule has 41 heavy (non-hydrogen) atoms. The number of nitrogen functional groups attached to an aromatic ring is 2. The van der Waals surface area contributed by atoms with Crippen LogP contribution in [0.5, 0.6) is 17.2 Å². The van der Waals surface area contributed by atoms with Crippen molar-refractivity contribution in [1.29, 1.82) is 0 Å². The van der Waals surface area contributed by atoms with E-state index in [2.05, 4.69) is 0 Å². The fourth-order valence-electron chi connectivity index (χ4n) is 4.63. The second-order valence-corrected chi connectivity index (χ2v) is 11.6. The molecule has 0 bridgehead atoms. The van der Waals surface area contributed by atoms with E-state index in [9.17, 15) is 14.2 Å². The van der Waals surface area contributed by atoms with Crippen LogP contribution in [0.3, 0.4) is 0 Å². The highest BCUT2D eigenvalue weighted by Crippen LogP contribution is 2.55. The molecule has 0 amide bonds. The lowest BCUT2D eigenvalue weighted by Gasteiger charge is -2.29. The second kappa shape index (κ2) is 10.3. The van der Waals surface area contributed by atoms with Crippen LogP contribution in [0.4, 0.5) is 11.4 Å². The van der Waals surface area contributed by atoms with Gasteiger partial charge in [0, 0.05) is 16.9 Å². The second-order valence-electron chi connectivity index (χ2n) is 9.32. The monoisotopic (exact) mass is 562 g/mol. The fraction of sp³-hybridized carbons (Fsp3) is 0. The van der Waals surface area contributed by atoms with Crippen LogP contribution >= 0.6 is 7.37 Å². The molecule has 0 aromatic heterocycles. The summed E-state index contributed by atoms with van der Waals surface area (Å²) < 4.78 is 32.6. The number of anilines is 2. The van der Waals surface area contributed by atoms with Gasteiger partial charge in [0.15, 0.2) is 0 Å². The van der Waals surface area contributed by atoms with Crippen LogP contribution in [-0.4, -0.2) is 11.9 Å². The molecule has 202 valence electrons. The molecule has 5 aromatic rings. The molecule has 0 fully saturated rings. The third-order valence-electron chi connectivity index (χ3n) is 6.53. The van der Waals surface area contributed by atoms with Crippen molar-refractivity contribution in [1.82, 2.24) is 0 Å². The van der Waals surface area contributed by atoms with E-state index in [0.29, 0.717) is 28.0 Å². The van der Waals surface area contributed by atoms with Gasteiger partial charge in [-0.3, -0.25) is 4.57 Å². The van der Waals surface area contributed by atoms with Crippen LogP contribution < -0.4 is 36.1 Å². The first kappa shape index (κ1) is 25.9. The summed E-state index contributed by atoms with van der Waals surface area (Å²) in [5, 5.41) is 0.467. The summed E-state index contributed by atoms with van der Waals surface area (Å²) in [6.07, 6.45) is 0. The molecule has 1 aliphatic heterocycles. The first-order valence-electron chi connectivity index (χ1n) is 12.6. The molecular weight excluding hydrogens is 539 g/mol. The summed E-state index contributed by atoms with van der Waals surface area (Å²) >= 11 is 0. The highest BCUT2D eigenvalue weighted by Gasteiger charge is 2.40. The van der Waals surface area contributed by atoms with Crippen molar-refractivity contribution in [2.24, 2.45) is 0 Å². The van der Waals surface area contributed by atoms with Crippen molar-refractivity contribution in [3.05, 3.63) is 126 Å². The molecule has 5 aromatic carbocycles. The number of carbonyl (C=O) groups excluding carboxylic acids is 2. The maximum atomic E-state index is 15.0. The number of hydrogen-bond donors (Lipinski definition) is 2. The van der Waals surface area contributed by atoms with Gasteiger partial charge in [0.05, 0.1) is 21.7 Å². The molecule has 1 aliphatic rings. The fourth-order valence-corrected chi connectivity index (χ4v) is 7.02. The van der Waals surface area contributed by atoms with E-state index in [1.165, 1.54) is 30.3 Å². The molecule has 8 nitrogen and oxygen atoms in total. The maximum Gasteiger partial charge on any atom is 0.343 e.